The number of hydrogen-bond donors (Lipinski definition) is 1. The van der Waals surface area contributed by atoms with Gasteiger partial charge in [0.1, 0.15) is 5.75 Å². The fraction of sp³-hybridized carbons (Fsp3) is 0.364. The fourth-order valence-electron chi connectivity index (χ4n) is 3.66. The van der Waals surface area contributed by atoms with Crippen LogP contribution in [0.1, 0.15) is 42.2 Å². The van der Waals surface area contributed by atoms with Gasteiger partial charge in [-0.25, -0.2) is 4.79 Å². The molecule has 0 radical (unpaired) electrons. The van der Waals surface area contributed by atoms with Gasteiger partial charge in [0.05, 0.1) is 13.2 Å². The number of rotatable bonds is 7. The quantitative estimate of drug-likeness (QED) is 0.793. The van der Waals surface area contributed by atoms with E-state index in [9.17, 15) is 9.59 Å². The Morgan fingerprint density at radius 3 is 2.54 bits per heavy atom. The molecule has 0 aromatic heterocycles. The van der Waals surface area contributed by atoms with Crippen LogP contribution in [0.15, 0.2) is 48.5 Å². The van der Waals surface area contributed by atoms with Gasteiger partial charge in [0, 0.05) is 30.9 Å². The number of amides is 3. The molecule has 6 nitrogen and oxygen atoms in total. The van der Waals surface area contributed by atoms with Crippen molar-refractivity contribution in [2.45, 2.75) is 26.3 Å². The summed E-state index contributed by atoms with van der Waals surface area (Å²) in [5, 5.41) is 2.79. The van der Waals surface area contributed by atoms with Crippen molar-refractivity contribution in [3.63, 3.8) is 0 Å². The molecule has 28 heavy (non-hydrogen) atoms. The minimum atomic E-state index is -0.124. The molecule has 1 fully saturated rings. The molecule has 0 spiro atoms. The van der Waals surface area contributed by atoms with Crippen LogP contribution in [0.2, 0.25) is 0 Å². The monoisotopic (exact) mass is 381 g/mol. The molecule has 2 aromatic rings. The number of ether oxygens (including phenoxy) is 1. The lowest BCUT2D eigenvalue weighted by molar-refractivity contribution is 0.0683. The Morgan fingerprint density at radius 2 is 1.96 bits per heavy atom. The summed E-state index contributed by atoms with van der Waals surface area (Å²) in [6.45, 7) is 5.89. The molecule has 0 bridgehead atoms. The van der Waals surface area contributed by atoms with Crippen LogP contribution >= 0.6 is 0 Å². The van der Waals surface area contributed by atoms with E-state index in [1.807, 2.05) is 54.3 Å². The van der Waals surface area contributed by atoms with Crippen molar-refractivity contribution < 1.29 is 14.3 Å². The molecule has 1 unspecified atom stereocenters. The topological polar surface area (TPSA) is 61.9 Å². The van der Waals surface area contributed by atoms with Gasteiger partial charge in [0.25, 0.3) is 5.91 Å². The lowest BCUT2D eigenvalue weighted by atomic mass is 10.0. The normalized spacial score (nSPS) is 14.5. The van der Waals surface area contributed by atoms with E-state index in [0.717, 1.165) is 23.4 Å². The Balaban J connectivity index is 1.86. The van der Waals surface area contributed by atoms with Crippen LogP contribution in [-0.4, -0.2) is 43.6 Å². The highest BCUT2D eigenvalue weighted by Crippen LogP contribution is 2.28. The van der Waals surface area contributed by atoms with E-state index in [4.69, 9.17) is 4.74 Å². The second kappa shape index (κ2) is 8.78. The van der Waals surface area contributed by atoms with E-state index in [-0.39, 0.29) is 18.0 Å². The number of methoxy groups -OCH3 is 1. The van der Waals surface area contributed by atoms with Gasteiger partial charge in [0.15, 0.2) is 0 Å². The maximum absolute atomic E-state index is 13.3. The first-order valence-electron chi connectivity index (χ1n) is 9.69. The zero-order valence-electron chi connectivity index (χ0n) is 16.6. The number of benzene rings is 2. The standard InChI is InChI=1S/C22H27N3O3/c1-4-20(16-9-11-19(28-3)12-10-16)24(5-2)21(26)17-7-6-8-18(15-17)25-14-13-23-22(25)27/h6-12,15,20H,4-5,13-14H2,1-3H3,(H,23,27). The predicted molar refractivity (Wildman–Crippen MR) is 110 cm³/mol. The number of hydrogen-bond acceptors (Lipinski definition) is 3. The number of carbonyl (C=O) groups is 2. The summed E-state index contributed by atoms with van der Waals surface area (Å²) in [7, 11) is 1.64. The van der Waals surface area contributed by atoms with Crippen molar-refractivity contribution in [2.75, 3.05) is 31.6 Å². The molecule has 1 atom stereocenters. The molecule has 3 rings (SSSR count). The van der Waals surface area contributed by atoms with Crippen molar-refractivity contribution in [3.05, 3.63) is 59.7 Å². The third kappa shape index (κ3) is 3.96. The van der Waals surface area contributed by atoms with Crippen LogP contribution in [0, 0.1) is 0 Å². The predicted octanol–water partition coefficient (Wildman–Crippen LogP) is 3.84. The first-order chi connectivity index (χ1) is 13.6. The highest BCUT2D eigenvalue weighted by atomic mass is 16.5. The summed E-state index contributed by atoms with van der Waals surface area (Å²) < 4.78 is 5.24. The summed E-state index contributed by atoms with van der Waals surface area (Å²) in [4.78, 5) is 28.8. The molecule has 1 heterocycles. The number of anilines is 1. The van der Waals surface area contributed by atoms with Crippen LogP contribution < -0.4 is 15.0 Å². The molecule has 0 saturated carbocycles. The number of nitrogens with one attached hydrogen (secondary N) is 1. The molecule has 1 N–H and O–H groups in total. The van der Waals surface area contributed by atoms with Crippen molar-refractivity contribution in [1.29, 1.82) is 0 Å². The van der Waals surface area contributed by atoms with Gasteiger partial charge in [-0.1, -0.05) is 25.1 Å². The summed E-state index contributed by atoms with van der Waals surface area (Å²) in [5.41, 5.74) is 2.41. The van der Waals surface area contributed by atoms with Gasteiger partial charge in [0.2, 0.25) is 0 Å². The van der Waals surface area contributed by atoms with Gasteiger partial charge in [-0.3, -0.25) is 9.69 Å². The maximum Gasteiger partial charge on any atom is 0.321 e. The third-order valence-corrected chi connectivity index (χ3v) is 5.13. The molecule has 1 aliphatic heterocycles. The Hall–Kier alpha value is -3.02. The summed E-state index contributed by atoms with van der Waals surface area (Å²) in [6, 6.07) is 15.0. The molecule has 3 amide bonds. The van der Waals surface area contributed by atoms with E-state index in [1.165, 1.54) is 0 Å². The molecule has 148 valence electrons. The van der Waals surface area contributed by atoms with Crippen molar-refractivity contribution in [1.82, 2.24) is 10.2 Å². The minimum absolute atomic E-state index is 0.0258. The van der Waals surface area contributed by atoms with Gasteiger partial charge in [-0.2, -0.15) is 0 Å². The number of carbonyl (C=O) groups excluding carboxylic acids is 2. The van der Waals surface area contributed by atoms with Crippen LogP contribution in [0.5, 0.6) is 5.75 Å². The number of nitrogens with zero attached hydrogens (tertiary/aromatic N) is 2. The second-order valence-electron chi connectivity index (χ2n) is 6.72. The molecule has 0 aliphatic carbocycles. The average Bonchev–Trinajstić information content (AvgIpc) is 3.17. The van der Waals surface area contributed by atoms with Crippen molar-refractivity contribution in [3.8, 4) is 5.75 Å². The molecule has 1 aliphatic rings. The second-order valence-corrected chi connectivity index (χ2v) is 6.72. The van der Waals surface area contributed by atoms with Crippen LogP contribution in [0.3, 0.4) is 0 Å². The third-order valence-electron chi connectivity index (χ3n) is 5.13. The van der Waals surface area contributed by atoms with Crippen molar-refractivity contribution >= 4 is 17.6 Å². The Labute approximate surface area is 166 Å². The Bertz CT molecular complexity index is 835. The first-order valence-corrected chi connectivity index (χ1v) is 9.69. The zero-order chi connectivity index (χ0) is 20.1. The summed E-state index contributed by atoms with van der Waals surface area (Å²) in [6.07, 6.45) is 0.806. The molecular weight excluding hydrogens is 354 g/mol. The lowest BCUT2D eigenvalue weighted by Gasteiger charge is -2.31. The van der Waals surface area contributed by atoms with Gasteiger partial charge in [-0.15, -0.1) is 0 Å². The first kappa shape index (κ1) is 19.7. The molecule has 1 saturated heterocycles. The van der Waals surface area contributed by atoms with E-state index in [1.54, 1.807) is 18.1 Å². The fourth-order valence-corrected chi connectivity index (χ4v) is 3.66. The van der Waals surface area contributed by atoms with Gasteiger partial charge >= 0.3 is 6.03 Å². The SMILES string of the molecule is CCC(c1ccc(OC)cc1)N(CC)C(=O)c1cccc(N2CCNC2=O)c1. The minimum Gasteiger partial charge on any atom is -0.497 e. The maximum atomic E-state index is 13.3. The van der Waals surface area contributed by atoms with Gasteiger partial charge in [-0.05, 0) is 49.2 Å². The average molecular weight is 381 g/mol. The Morgan fingerprint density at radius 1 is 1.21 bits per heavy atom. The summed E-state index contributed by atoms with van der Waals surface area (Å²) >= 11 is 0. The highest BCUT2D eigenvalue weighted by molar-refractivity contribution is 5.98. The summed E-state index contributed by atoms with van der Waals surface area (Å²) in [5.74, 6) is 0.760. The Kier molecular flexibility index (Phi) is 6.19. The van der Waals surface area contributed by atoms with Crippen LogP contribution in [-0.2, 0) is 0 Å². The lowest BCUT2D eigenvalue weighted by Crippen LogP contribution is -2.35. The van der Waals surface area contributed by atoms with Crippen LogP contribution in [0.25, 0.3) is 0 Å². The van der Waals surface area contributed by atoms with Gasteiger partial charge < -0.3 is 15.0 Å². The smallest absolute Gasteiger partial charge is 0.321 e. The van der Waals surface area contributed by atoms with E-state index in [2.05, 4.69) is 12.2 Å². The number of urea groups is 1. The largest absolute Gasteiger partial charge is 0.497 e. The van der Waals surface area contributed by atoms with E-state index >= 15 is 0 Å². The molecule has 2 aromatic carbocycles. The van der Waals surface area contributed by atoms with Crippen LogP contribution in [0.4, 0.5) is 10.5 Å². The molecule has 6 heteroatoms. The molecular formula is C22H27N3O3. The highest BCUT2D eigenvalue weighted by Gasteiger charge is 2.26. The van der Waals surface area contributed by atoms with Crippen molar-refractivity contribution in [2.24, 2.45) is 0 Å². The van der Waals surface area contributed by atoms with E-state index < -0.39 is 0 Å². The van der Waals surface area contributed by atoms with E-state index in [0.29, 0.717) is 25.2 Å². The zero-order valence-corrected chi connectivity index (χ0v) is 16.6.